The Morgan fingerprint density at radius 1 is 1.14 bits per heavy atom. The molecule has 2 amide bonds. The summed E-state index contributed by atoms with van der Waals surface area (Å²) in [7, 11) is 0. The van der Waals surface area contributed by atoms with Gasteiger partial charge in [-0.3, -0.25) is 14.5 Å². The predicted molar refractivity (Wildman–Crippen MR) is 80.4 cm³/mol. The third-order valence-electron chi connectivity index (χ3n) is 4.24. The lowest BCUT2D eigenvalue weighted by atomic mass is 9.91. The first-order chi connectivity index (χ1) is 10.4. The minimum absolute atomic E-state index is 0.136. The van der Waals surface area contributed by atoms with Crippen molar-refractivity contribution < 1.29 is 19.4 Å². The van der Waals surface area contributed by atoms with Crippen LogP contribution in [0.1, 0.15) is 60.2 Å². The van der Waals surface area contributed by atoms with Gasteiger partial charge in [-0.05, 0) is 51.7 Å². The molecule has 0 bridgehead atoms. The lowest BCUT2D eigenvalue weighted by Gasteiger charge is -2.36. The van der Waals surface area contributed by atoms with Crippen molar-refractivity contribution in [3.8, 4) is 0 Å². The fourth-order valence-corrected chi connectivity index (χ4v) is 3.41. The van der Waals surface area contributed by atoms with E-state index < -0.39 is 5.79 Å². The van der Waals surface area contributed by atoms with Gasteiger partial charge in [-0.2, -0.15) is 0 Å². The van der Waals surface area contributed by atoms with Gasteiger partial charge in [0.25, 0.3) is 11.8 Å². The average molecular weight is 303 g/mol. The van der Waals surface area contributed by atoms with Crippen LogP contribution in [0.15, 0.2) is 24.3 Å². The number of nitrogens with zero attached hydrogens (tertiary/aromatic N) is 1. The third kappa shape index (κ3) is 2.78. The van der Waals surface area contributed by atoms with Crippen molar-refractivity contribution in [3.05, 3.63) is 35.4 Å². The molecule has 5 nitrogen and oxygen atoms in total. The normalized spacial score (nSPS) is 25.5. The molecule has 0 radical (unpaired) electrons. The number of fused-ring (bicyclic) bond motifs is 1. The van der Waals surface area contributed by atoms with Crippen LogP contribution in [0.4, 0.5) is 0 Å². The van der Waals surface area contributed by atoms with Crippen molar-refractivity contribution in [2.24, 2.45) is 0 Å². The summed E-state index contributed by atoms with van der Waals surface area (Å²) in [5.41, 5.74) is 0.969. The van der Waals surface area contributed by atoms with Crippen LogP contribution < -0.4 is 0 Å². The number of aliphatic hydroxyl groups is 1. The molecule has 2 atom stereocenters. The first-order valence-electron chi connectivity index (χ1n) is 7.74. The maximum absolute atomic E-state index is 12.5. The molecular formula is C17H21NO4. The van der Waals surface area contributed by atoms with Crippen LogP contribution in [-0.2, 0) is 4.74 Å². The number of benzene rings is 1. The smallest absolute Gasteiger partial charge is 0.261 e. The first kappa shape index (κ1) is 15.2. The quantitative estimate of drug-likeness (QED) is 0.687. The van der Waals surface area contributed by atoms with Gasteiger partial charge >= 0.3 is 0 Å². The standard InChI is InChI=1S/C17H21NO4/c1-17(2,21)22-12-7-5-6-11(10-12)18-15(19)13-8-3-4-9-14(13)16(18)20/h3-4,8-9,11-12,21H,5-7,10H2,1-2H3/t11-,12-/m1/s1. The molecule has 118 valence electrons. The van der Waals surface area contributed by atoms with Crippen molar-refractivity contribution in [3.63, 3.8) is 0 Å². The van der Waals surface area contributed by atoms with Crippen LogP contribution >= 0.6 is 0 Å². The van der Waals surface area contributed by atoms with Crippen molar-refractivity contribution in [2.75, 3.05) is 0 Å². The lowest BCUT2D eigenvalue weighted by Crippen LogP contribution is -2.45. The summed E-state index contributed by atoms with van der Waals surface area (Å²) in [4.78, 5) is 26.4. The summed E-state index contributed by atoms with van der Waals surface area (Å²) < 4.78 is 5.62. The molecule has 1 N–H and O–H groups in total. The largest absolute Gasteiger partial charge is 0.366 e. The zero-order valence-corrected chi connectivity index (χ0v) is 12.9. The van der Waals surface area contributed by atoms with Crippen molar-refractivity contribution in [2.45, 2.75) is 57.5 Å². The van der Waals surface area contributed by atoms with Gasteiger partial charge in [0, 0.05) is 6.04 Å². The Morgan fingerprint density at radius 2 is 1.73 bits per heavy atom. The molecule has 0 saturated heterocycles. The second-order valence-corrected chi connectivity index (χ2v) is 6.53. The highest BCUT2D eigenvalue weighted by Crippen LogP contribution is 2.32. The van der Waals surface area contributed by atoms with Crippen LogP contribution in [0.5, 0.6) is 0 Å². The van der Waals surface area contributed by atoms with Gasteiger partial charge in [0.2, 0.25) is 0 Å². The van der Waals surface area contributed by atoms with Crippen LogP contribution in [-0.4, -0.2) is 39.8 Å². The van der Waals surface area contributed by atoms with Crippen molar-refractivity contribution in [1.82, 2.24) is 4.90 Å². The van der Waals surface area contributed by atoms with Gasteiger partial charge in [-0.15, -0.1) is 0 Å². The summed E-state index contributed by atoms with van der Waals surface area (Å²) in [6, 6.07) is 6.78. The Labute approximate surface area is 129 Å². The molecule has 1 saturated carbocycles. The van der Waals surface area contributed by atoms with E-state index in [2.05, 4.69) is 0 Å². The zero-order valence-electron chi connectivity index (χ0n) is 12.9. The average Bonchev–Trinajstić information content (AvgIpc) is 2.70. The van der Waals surface area contributed by atoms with Crippen LogP contribution in [0.2, 0.25) is 0 Å². The molecule has 22 heavy (non-hydrogen) atoms. The van der Waals surface area contributed by atoms with Crippen molar-refractivity contribution >= 4 is 11.8 Å². The number of rotatable bonds is 3. The van der Waals surface area contributed by atoms with Gasteiger partial charge < -0.3 is 9.84 Å². The van der Waals surface area contributed by atoms with Gasteiger partial charge in [-0.25, -0.2) is 0 Å². The second kappa shape index (κ2) is 5.48. The lowest BCUT2D eigenvalue weighted by molar-refractivity contribution is -0.213. The summed E-state index contributed by atoms with van der Waals surface area (Å²) in [5.74, 6) is -1.63. The maximum Gasteiger partial charge on any atom is 0.261 e. The highest BCUT2D eigenvalue weighted by atomic mass is 16.6. The van der Waals surface area contributed by atoms with E-state index in [0.717, 1.165) is 19.3 Å². The molecule has 5 heteroatoms. The van der Waals surface area contributed by atoms with E-state index in [1.54, 1.807) is 38.1 Å². The zero-order chi connectivity index (χ0) is 15.9. The Kier molecular flexibility index (Phi) is 3.78. The Balaban J connectivity index is 1.78. The van der Waals surface area contributed by atoms with Gasteiger partial charge in [0.05, 0.1) is 17.2 Å². The van der Waals surface area contributed by atoms with Crippen LogP contribution in [0.25, 0.3) is 0 Å². The Hall–Kier alpha value is -1.72. The summed E-state index contributed by atoms with van der Waals surface area (Å²) >= 11 is 0. The van der Waals surface area contributed by atoms with E-state index in [-0.39, 0.29) is 24.0 Å². The topological polar surface area (TPSA) is 66.8 Å². The third-order valence-corrected chi connectivity index (χ3v) is 4.24. The minimum Gasteiger partial charge on any atom is -0.366 e. The van der Waals surface area contributed by atoms with E-state index in [4.69, 9.17) is 4.74 Å². The highest BCUT2D eigenvalue weighted by molar-refractivity contribution is 6.21. The molecule has 0 spiro atoms. The first-order valence-corrected chi connectivity index (χ1v) is 7.74. The predicted octanol–water partition coefficient (Wildman–Crippen LogP) is 2.34. The number of carbonyl (C=O) groups excluding carboxylic acids is 2. The fraction of sp³-hybridized carbons (Fsp3) is 0.529. The van der Waals surface area contributed by atoms with Crippen LogP contribution in [0, 0.1) is 0 Å². The number of hydrogen-bond acceptors (Lipinski definition) is 4. The van der Waals surface area contributed by atoms with E-state index in [9.17, 15) is 14.7 Å². The van der Waals surface area contributed by atoms with E-state index in [1.807, 2.05) is 0 Å². The van der Waals surface area contributed by atoms with Crippen molar-refractivity contribution in [1.29, 1.82) is 0 Å². The SMILES string of the molecule is CC(C)(O)O[C@@H]1CCC[C@@H](N2C(=O)c3ccccc3C2=O)C1. The molecule has 1 aromatic carbocycles. The minimum atomic E-state index is -1.20. The summed E-state index contributed by atoms with van der Waals surface area (Å²) in [6.07, 6.45) is 2.94. The molecule has 0 aromatic heterocycles. The molecule has 1 heterocycles. The highest BCUT2D eigenvalue weighted by Gasteiger charge is 2.41. The molecule has 1 aromatic rings. The van der Waals surface area contributed by atoms with E-state index in [1.165, 1.54) is 4.90 Å². The van der Waals surface area contributed by atoms with Gasteiger partial charge in [0.1, 0.15) is 0 Å². The summed E-state index contributed by atoms with van der Waals surface area (Å²) in [5, 5.41) is 9.80. The number of amides is 2. The molecular weight excluding hydrogens is 282 g/mol. The molecule has 3 rings (SSSR count). The van der Waals surface area contributed by atoms with E-state index in [0.29, 0.717) is 17.5 Å². The number of imide groups is 1. The van der Waals surface area contributed by atoms with Crippen LogP contribution in [0.3, 0.4) is 0 Å². The fourth-order valence-electron chi connectivity index (χ4n) is 3.41. The Morgan fingerprint density at radius 3 is 2.27 bits per heavy atom. The number of hydrogen-bond donors (Lipinski definition) is 1. The Bertz CT molecular complexity index is 570. The molecule has 1 fully saturated rings. The molecule has 0 unspecified atom stereocenters. The number of ether oxygens (including phenoxy) is 1. The maximum atomic E-state index is 12.5. The molecule has 1 aliphatic carbocycles. The van der Waals surface area contributed by atoms with Gasteiger partial charge in [0.15, 0.2) is 5.79 Å². The molecule has 1 aliphatic heterocycles. The number of carbonyl (C=O) groups is 2. The monoisotopic (exact) mass is 303 g/mol. The van der Waals surface area contributed by atoms with Gasteiger partial charge in [-0.1, -0.05) is 12.1 Å². The molecule has 2 aliphatic rings. The van der Waals surface area contributed by atoms with E-state index >= 15 is 0 Å². The second-order valence-electron chi connectivity index (χ2n) is 6.53. The summed E-state index contributed by atoms with van der Waals surface area (Å²) in [6.45, 7) is 3.19.